The van der Waals surface area contributed by atoms with E-state index in [-0.39, 0.29) is 17.7 Å². The number of rotatable bonds is 5. The molecule has 1 saturated carbocycles. The summed E-state index contributed by atoms with van der Waals surface area (Å²) in [6.45, 7) is 3.28. The first kappa shape index (κ1) is 21.6. The summed E-state index contributed by atoms with van der Waals surface area (Å²) >= 11 is 0. The largest absolute Gasteiger partial charge is 0.339 e. The first-order chi connectivity index (χ1) is 16.1. The molecule has 1 aromatic heterocycles. The molecule has 2 amide bonds. The summed E-state index contributed by atoms with van der Waals surface area (Å²) in [4.78, 5) is 27.6. The number of nitrogens with zero attached hydrogens (tertiary/aromatic N) is 4. The van der Waals surface area contributed by atoms with Crippen molar-refractivity contribution in [3.05, 3.63) is 53.6 Å². The van der Waals surface area contributed by atoms with E-state index in [1.807, 2.05) is 52.0 Å². The Balaban J connectivity index is 1.19. The minimum absolute atomic E-state index is 0.00123. The van der Waals surface area contributed by atoms with Crippen molar-refractivity contribution in [3.63, 3.8) is 0 Å². The molecule has 33 heavy (non-hydrogen) atoms. The maximum atomic E-state index is 13.1. The number of benzene rings is 2. The highest BCUT2D eigenvalue weighted by molar-refractivity contribution is 5.98. The van der Waals surface area contributed by atoms with Crippen LogP contribution in [-0.2, 0) is 11.2 Å². The number of anilines is 1. The number of carbonyl (C=O) groups is 2. The van der Waals surface area contributed by atoms with Crippen LogP contribution < -0.4 is 5.32 Å². The predicted molar refractivity (Wildman–Crippen MR) is 128 cm³/mol. The van der Waals surface area contributed by atoms with Gasteiger partial charge in [-0.1, -0.05) is 37.1 Å². The maximum absolute atomic E-state index is 13.1. The van der Waals surface area contributed by atoms with Crippen LogP contribution in [0, 0.1) is 5.92 Å². The van der Waals surface area contributed by atoms with Crippen molar-refractivity contribution < 1.29 is 9.59 Å². The molecule has 2 aliphatic rings. The Morgan fingerprint density at radius 2 is 1.73 bits per heavy atom. The average molecular weight is 446 g/mol. The molecular formula is C26H31N5O2. The molecule has 2 aromatic carbocycles. The smallest absolute Gasteiger partial charge is 0.253 e. The van der Waals surface area contributed by atoms with Gasteiger partial charge in [0.15, 0.2) is 0 Å². The van der Waals surface area contributed by atoms with Crippen molar-refractivity contribution in [2.24, 2.45) is 5.92 Å². The zero-order valence-electron chi connectivity index (χ0n) is 19.2. The normalized spacial score (nSPS) is 17.5. The zero-order chi connectivity index (χ0) is 22.8. The lowest BCUT2D eigenvalue weighted by atomic mass is 9.95. The highest BCUT2D eigenvalue weighted by atomic mass is 16.2. The Labute approximate surface area is 194 Å². The second-order valence-corrected chi connectivity index (χ2v) is 9.28. The second kappa shape index (κ2) is 9.33. The fraction of sp³-hybridized carbons (Fsp3) is 0.462. The molecule has 1 aliphatic heterocycles. The van der Waals surface area contributed by atoms with E-state index in [9.17, 15) is 9.59 Å². The molecule has 1 saturated heterocycles. The second-order valence-electron chi connectivity index (χ2n) is 9.28. The van der Waals surface area contributed by atoms with Crippen molar-refractivity contribution in [3.8, 4) is 0 Å². The fourth-order valence-corrected chi connectivity index (χ4v) is 5.09. The van der Waals surface area contributed by atoms with Gasteiger partial charge in [0.05, 0.1) is 11.6 Å². The average Bonchev–Trinajstić information content (AvgIpc) is 3.53. The summed E-state index contributed by atoms with van der Waals surface area (Å²) in [5.74, 6) is -0.0358. The van der Waals surface area contributed by atoms with E-state index in [0.717, 1.165) is 36.0 Å². The van der Waals surface area contributed by atoms with Gasteiger partial charge in [-0.2, -0.15) is 0 Å². The summed E-state index contributed by atoms with van der Waals surface area (Å²) in [6, 6.07) is 14.1. The van der Waals surface area contributed by atoms with Crippen LogP contribution in [0.1, 0.15) is 67.4 Å². The number of nitrogens with one attached hydrogen (secondary N) is 1. The van der Waals surface area contributed by atoms with E-state index in [1.165, 1.54) is 18.4 Å². The van der Waals surface area contributed by atoms with Gasteiger partial charge in [-0.3, -0.25) is 9.59 Å². The van der Waals surface area contributed by atoms with Gasteiger partial charge in [0.1, 0.15) is 5.52 Å². The van der Waals surface area contributed by atoms with Crippen molar-refractivity contribution in [1.29, 1.82) is 0 Å². The van der Waals surface area contributed by atoms with E-state index in [2.05, 4.69) is 22.6 Å². The Hall–Kier alpha value is -3.22. The van der Waals surface area contributed by atoms with E-state index < -0.39 is 0 Å². The minimum atomic E-state index is -0.0753. The van der Waals surface area contributed by atoms with Gasteiger partial charge in [-0.05, 0) is 68.0 Å². The Morgan fingerprint density at radius 3 is 2.42 bits per heavy atom. The standard InChI is InChI=1S/C26H31N5O2/c1-2-18-7-10-21(11-8-18)27-25(32)19-13-15-30(16-14-19)26(33)20-9-12-24-23(17-20)28-29-31(24)22-5-3-4-6-22/h7-12,17,19,22H,2-6,13-16H2,1H3,(H,27,32). The number of amides is 2. The van der Waals surface area contributed by atoms with Crippen molar-refractivity contribution in [2.45, 2.75) is 57.9 Å². The molecule has 2 heterocycles. The van der Waals surface area contributed by atoms with Crippen LogP contribution in [0.3, 0.4) is 0 Å². The van der Waals surface area contributed by atoms with Crippen LogP contribution in [-0.4, -0.2) is 44.8 Å². The Kier molecular flexibility index (Phi) is 6.11. The van der Waals surface area contributed by atoms with Crippen LogP contribution in [0.5, 0.6) is 0 Å². The van der Waals surface area contributed by atoms with Crippen LogP contribution in [0.4, 0.5) is 5.69 Å². The topological polar surface area (TPSA) is 80.1 Å². The summed E-state index contributed by atoms with van der Waals surface area (Å²) in [6.07, 6.45) is 7.09. The van der Waals surface area contributed by atoms with Crippen molar-refractivity contribution in [2.75, 3.05) is 18.4 Å². The Morgan fingerprint density at radius 1 is 1.00 bits per heavy atom. The van der Waals surface area contributed by atoms with Gasteiger partial charge < -0.3 is 10.2 Å². The fourth-order valence-electron chi connectivity index (χ4n) is 5.09. The predicted octanol–water partition coefficient (Wildman–Crippen LogP) is 4.60. The van der Waals surface area contributed by atoms with E-state index in [1.54, 1.807) is 0 Å². The molecular weight excluding hydrogens is 414 g/mol. The number of aromatic nitrogens is 3. The maximum Gasteiger partial charge on any atom is 0.253 e. The molecule has 0 unspecified atom stereocenters. The molecule has 2 fully saturated rings. The zero-order valence-corrected chi connectivity index (χ0v) is 19.2. The molecule has 1 aliphatic carbocycles. The third kappa shape index (κ3) is 4.49. The number of aryl methyl sites for hydroxylation is 1. The lowest BCUT2D eigenvalue weighted by Crippen LogP contribution is -2.41. The van der Waals surface area contributed by atoms with E-state index in [0.29, 0.717) is 37.5 Å². The highest BCUT2D eigenvalue weighted by Crippen LogP contribution is 2.31. The van der Waals surface area contributed by atoms with Crippen molar-refractivity contribution >= 4 is 28.5 Å². The molecule has 3 aromatic rings. The van der Waals surface area contributed by atoms with Crippen LogP contribution >= 0.6 is 0 Å². The molecule has 0 radical (unpaired) electrons. The number of fused-ring (bicyclic) bond motifs is 1. The van der Waals surface area contributed by atoms with Crippen molar-refractivity contribution in [1.82, 2.24) is 19.9 Å². The first-order valence-corrected chi connectivity index (χ1v) is 12.2. The van der Waals surface area contributed by atoms with Gasteiger partial charge in [-0.25, -0.2) is 4.68 Å². The van der Waals surface area contributed by atoms with Crippen LogP contribution in [0.15, 0.2) is 42.5 Å². The van der Waals surface area contributed by atoms with E-state index in [4.69, 9.17) is 0 Å². The van der Waals surface area contributed by atoms with Crippen LogP contribution in [0.2, 0.25) is 0 Å². The SMILES string of the molecule is CCc1ccc(NC(=O)C2CCN(C(=O)c3ccc4c(c3)nnn4C3CCCC3)CC2)cc1. The molecule has 0 bridgehead atoms. The third-order valence-electron chi connectivity index (χ3n) is 7.17. The molecule has 7 nitrogen and oxygen atoms in total. The van der Waals surface area contributed by atoms with Gasteiger partial charge in [0.2, 0.25) is 5.91 Å². The monoisotopic (exact) mass is 445 g/mol. The van der Waals surface area contributed by atoms with E-state index >= 15 is 0 Å². The van der Waals surface area contributed by atoms with Crippen LogP contribution in [0.25, 0.3) is 11.0 Å². The lowest BCUT2D eigenvalue weighted by Gasteiger charge is -2.31. The first-order valence-electron chi connectivity index (χ1n) is 12.2. The Bertz CT molecular complexity index is 1140. The molecule has 1 N–H and O–H groups in total. The number of carbonyl (C=O) groups excluding carboxylic acids is 2. The molecule has 0 spiro atoms. The lowest BCUT2D eigenvalue weighted by molar-refractivity contribution is -0.121. The molecule has 7 heteroatoms. The number of likely N-dealkylation sites (tertiary alicyclic amines) is 1. The summed E-state index contributed by atoms with van der Waals surface area (Å²) in [5.41, 5.74) is 4.49. The number of piperidine rings is 1. The molecule has 0 atom stereocenters. The number of hydrogen-bond acceptors (Lipinski definition) is 4. The van der Waals surface area contributed by atoms with Gasteiger partial charge in [0.25, 0.3) is 5.91 Å². The summed E-state index contributed by atoms with van der Waals surface area (Å²) < 4.78 is 2.02. The highest BCUT2D eigenvalue weighted by Gasteiger charge is 2.28. The minimum Gasteiger partial charge on any atom is -0.339 e. The number of hydrogen-bond donors (Lipinski definition) is 1. The van der Waals surface area contributed by atoms with Gasteiger partial charge >= 0.3 is 0 Å². The van der Waals surface area contributed by atoms with Gasteiger partial charge in [-0.15, -0.1) is 5.10 Å². The molecule has 5 rings (SSSR count). The molecule has 172 valence electrons. The quantitative estimate of drug-likeness (QED) is 0.622. The summed E-state index contributed by atoms with van der Waals surface area (Å²) in [7, 11) is 0. The van der Waals surface area contributed by atoms with Gasteiger partial charge in [0, 0.05) is 30.3 Å². The third-order valence-corrected chi connectivity index (χ3v) is 7.17. The summed E-state index contributed by atoms with van der Waals surface area (Å²) in [5, 5.41) is 11.7.